The van der Waals surface area contributed by atoms with Gasteiger partial charge in [0.1, 0.15) is 0 Å². The van der Waals surface area contributed by atoms with Crippen molar-refractivity contribution in [2.75, 3.05) is 0 Å². The minimum Gasteiger partial charge on any atom is -0.289 e. The molecule has 0 saturated heterocycles. The van der Waals surface area contributed by atoms with Crippen LogP contribution in [0.5, 0.6) is 0 Å². The molecule has 0 saturated carbocycles. The Labute approximate surface area is 168 Å². The van der Waals surface area contributed by atoms with Crippen molar-refractivity contribution in [3.8, 4) is 0 Å². The fourth-order valence-electron chi connectivity index (χ4n) is 4.30. The maximum absolute atomic E-state index is 13.4. The number of rotatable bonds is 0. The fraction of sp³-hybridized carbons (Fsp3) is 0.240. The topological polar surface area (TPSA) is 17.1 Å². The van der Waals surface area contributed by atoms with Crippen molar-refractivity contribution in [2.45, 2.75) is 36.9 Å². The molecule has 0 aromatic heterocycles. The van der Waals surface area contributed by atoms with E-state index in [0.29, 0.717) is 0 Å². The molecule has 0 spiro atoms. The largest absolute Gasteiger partial charge is 0.289 e. The van der Waals surface area contributed by atoms with Crippen LogP contribution in [-0.2, 0) is 32.1 Å². The number of benzene rings is 3. The van der Waals surface area contributed by atoms with E-state index in [0.717, 1.165) is 54.4 Å². The normalized spacial score (nSPS) is 18.3. The lowest BCUT2D eigenvalue weighted by Crippen LogP contribution is -2.06. The minimum absolute atomic E-state index is 0.181. The van der Waals surface area contributed by atoms with Crippen LogP contribution in [0.15, 0.2) is 60.7 Å². The van der Waals surface area contributed by atoms with Gasteiger partial charge in [0.2, 0.25) is 0 Å². The summed E-state index contributed by atoms with van der Waals surface area (Å²) in [6.07, 6.45) is 4.79. The van der Waals surface area contributed by atoms with Gasteiger partial charge in [0.25, 0.3) is 0 Å². The molecule has 0 heterocycles. The van der Waals surface area contributed by atoms with Crippen molar-refractivity contribution in [2.24, 2.45) is 0 Å². The number of carbonyl (C=O) groups excluding carboxylic acids is 1. The van der Waals surface area contributed by atoms with Gasteiger partial charge in [0, 0.05) is 16.0 Å². The molecule has 3 aliphatic rings. The molecule has 0 amide bonds. The van der Waals surface area contributed by atoms with Gasteiger partial charge in [-0.2, -0.15) is 0 Å². The quantitative estimate of drug-likeness (QED) is 0.423. The summed E-state index contributed by atoms with van der Waals surface area (Å²) < 4.78 is 0. The lowest BCUT2D eigenvalue weighted by molar-refractivity contribution is 0.103. The predicted molar refractivity (Wildman–Crippen MR) is 113 cm³/mol. The molecule has 6 bridgehead atoms. The van der Waals surface area contributed by atoms with Crippen LogP contribution < -0.4 is 0 Å². The first-order chi connectivity index (χ1) is 13.2. The Hall–Kier alpha value is -2.19. The van der Waals surface area contributed by atoms with E-state index in [1.54, 1.807) is 0 Å². The first-order valence-electron chi connectivity index (χ1n) is 9.68. The minimum atomic E-state index is 0.181. The van der Waals surface area contributed by atoms with Crippen LogP contribution in [0.3, 0.4) is 0 Å². The Morgan fingerprint density at radius 1 is 0.667 bits per heavy atom. The van der Waals surface area contributed by atoms with Crippen LogP contribution >= 0.6 is 15.9 Å². The third kappa shape index (κ3) is 3.17. The van der Waals surface area contributed by atoms with Crippen molar-refractivity contribution in [3.63, 3.8) is 0 Å². The van der Waals surface area contributed by atoms with E-state index in [1.807, 2.05) is 0 Å². The number of carbonyl (C=O) groups is 1. The molecule has 0 fully saturated rings. The number of alkyl halides is 1. The van der Waals surface area contributed by atoms with E-state index in [1.165, 1.54) is 22.3 Å². The average molecular weight is 417 g/mol. The smallest absolute Gasteiger partial charge is 0.193 e. The van der Waals surface area contributed by atoms with Crippen molar-refractivity contribution >= 4 is 21.7 Å². The van der Waals surface area contributed by atoms with Gasteiger partial charge >= 0.3 is 0 Å². The highest BCUT2D eigenvalue weighted by molar-refractivity contribution is 9.09. The monoisotopic (exact) mass is 416 g/mol. The van der Waals surface area contributed by atoms with E-state index in [4.69, 9.17) is 0 Å². The first-order valence-corrected chi connectivity index (χ1v) is 10.6. The number of aryl methyl sites for hydroxylation is 4. The summed E-state index contributed by atoms with van der Waals surface area (Å²) in [4.78, 5) is 13.6. The van der Waals surface area contributed by atoms with Crippen LogP contribution in [0.4, 0.5) is 0 Å². The van der Waals surface area contributed by atoms with Gasteiger partial charge in [-0.25, -0.2) is 0 Å². The first kappa shape index (κ1) is 16.9. The van der Waals surface area contributed by atoms with Crippen LogP contribution in [0.25, 0.3) is 0 Å². The Bertz CT molecular complexity index is 1030. The fourth-order valence-corrected chi connectivity index (χ4v) is 5.04. The van der Waals surface area contributed by atoms with Crippen molar-refractivity contribution in [3.05, 3.63) is 105 Å². The molecular formula is C25H21BrO. The van der Waals surface area contributed by atoms with Crippen LogP contribution in [0.2, 0.25) is 0 Å². The van der Waals surface area contributed by atoms with Gasteiger partial charge in [0.05, 0.1) is 0 Å². The van der Waals surface area contributed by atoms with Crippen LogP contribution in [-0.4, -0.2) is 5.78 Å². The van der Waals surface area contributed by atoms with Crippen LogP contribution in [0, 0.1) is 0 Å². The highest BCUT2D eigenvalue weighted by Gasteiger charge is 2.26. The number of fused-ring (bicyclic) bond motifs is 4. The second kappa shape index (κ2) is 6.76. The Kier molecular flexibility index (Phi) is 4.24. The Morgan fingerprint density at radius 2 is 1.19 bits per heavy atom. The van der Waals surface area contributed by atoms with E-state index < -0.39 is 0 Å². The molecule has 1 unspecified atom stereocenters. The molecule has 3 aromatic carbocycles. The Morgan fingerprint density at radius 3 is 1.85 bits per heavy atom. The Balaban J connectivity index is 1.69. The highest BCUT2D eigenvalue weighted by Crippen LogP contribution is 2.36. The average Bonchev–Trinajstić information content (AvgIpc) is 2.80. The lowest BCUT2D eigenvalue weighted by atomic mass is 9.94. The molecule has 27 heavy (non-hydrogen) atoms. The standard InChI is InChI=1S/C25H21BrO/c26-24-15-20-11-9-18-7-5-16-1-3-17(4-2-16)6-8-19-10-12-21(24)23(14-19)25(27)22(20)13-18/h1-4,9-14,24H,5-8,15H2. The number of hydrogen-bond donors (Lipinski definition) is 0. The summed E-state index contributed by atoms with van der Waals surface area (Å²) in [6, 6.07) is 22.0. The van der Waals surface area contributed by atoms with E-state index in [2.05, 4.69) is 76.6 Å². The molecule has 6 rings (SSSR count). The predicted octanol–water partition coefficient (Wildman–Crippen LogP) is 5.79. The van der Waals surface area contributed by atoms with Gasteiger partial charge in [-0.15, -0.1) is 0 Å². The zero-order valence-electron chi connectivity index (χ0n) is 15.2. The summed E-state index contributed by atoms with van der Waals surface area (Å²) in [5, 5.41) is 0. The summed E-state index contributed by atoms with van der Waals surface area (Å²) in [6.45, 7) is 0. The van der Waals surface area contributed by atoms with Gasteiger partial charge in [0.15, 0.2) is 5.78 Å². The molecule has 3 aromatic rings. The molecule has 134 valence electrons. The molecule has 3 aliphatic carbocycles. The number of hydrogen-bond acceptors (Lipinski definition) is 1. The molecule has 1 atom stereocenters. The zero-order valence-corrected chi connectivity index (χ0v) is 16.8. The maximum atomic E-state index is 13.4. The molecular weight excluding hydrogens is 396 g/mol. The maximum Gasteiger partial charge on any atom is 0.193 e. The van der Waals surface area contributed by atoms with Gasteiger partial charge in [-0.3, -0.25) is 4.79 Å². The second-order valence-electron chi connectivity index (χ2n) is 7.73. The summed E-state index contributed by atoms with van der Waals surface area (Å²) in [7, 11) is 0. The van der Waals surface area contributed by atoms with Crippen LogP contribution in [0.1, 0.15) is 54.1 Å². The third-order valence-electron chi connectivity index (χ3n) is 5.95. The van der Waals surface area contributed by atoms with Gasteiger partial charge < -0.3 is 0 Å². The highest BCUT2D eigenvalue weighted by atomic mass is 79.9. The van der Waals surface area contributed by atoms with Gasteiger partial charge in [-0.1, -0.05) is 64.5 Å². The molecule has 0 aliphatic heterocycles. The van der Waals surface area contributed by atoms with E-state index >= 15 is 0 Å². The van der Waals surface area contributed by atoms with E-state index in [9.17, 15) is 4.79 Å². The summed E-state index contributed by atoms with van der Waals surface area (Å²) in [5.74, 6) is 0.181. The second-order valence-corrected chi connectivity index (χ2v) is 8.84. The molecule has 0 N–H and O–H groups in total. The SMILES string of the molecule is O=C1c2cc3ccc2CC(Br)c2ccc(cc21)CCc1ccc(cc1)CC3. The summed E-state index contributed by atoms with van der Waals surface area (Å²) in [5.41, 5.74) is 9.22. The number of halogens is 1. The van der Waals surface area contributed by atoms with Gasteiger partial charge in [-0.05, 0) is 77.6 Å². The summed E-state index contributed by atoms with van der Waals surface area (Å²) >= 11 is 3.83. The van der Waals surface area contributed by atoms with Crippen molar-refractivity contribution in [1.82, 2.24) is 0 Å². The van der Waals surface area contributed by atoms with Crippen molar-refractivity contribution in [1.29, 1.82) is 0 Å². The molecule has 2 heteroatoms. The van der Waals surface area contributed by atoms with E-state index in [-0.39, 0.29) is 10.6 Å². The number of ketones is 1. The lowest BCUT2D eigenvalue weighted by Gasteiger charge is -2.12. The molecule has 1 nitrogen and oxygen atoms in total. The van der Waals surface area contributed by atoms with Crippen molar-refractivity contribution < 1.29 is 4.79 Å². The molecule has 0 radical (unpaired) electrons. The zero-order chi connectivity index (χ0) is 18.4. The third-order valence-corrected chi connectivity index (χ3v) is 6.76.